The number of carbonyl (C=O) groups is 6. The average Bonchev–Trinajstić information content (AvgIpc) is 4.24. The molecule has 1 fully saturated rings. The van der Waals surface area contributed by atoms with Crippen LogP contribution < -0.4 is 37.1 Å². The lowest BCUT2D eigenvalue weighted by atomic mass is 10.0. The number of nitrogens with two attached hydrogens (primary N) is 1. The summed E-state index contributed by atoms with van der Waals surface area (Å²) in [5.74, 6) is -1.19. The van der Waals surface area contributed by atoms with Crippen LogP contribution in [0.5, 0.6) is 5.75 Å². The first kappa shape index (κ1) is 63.9. The van der Waals surface area contributed by atoms with E-state index in [0.29, 0.717) is 77.5 Å². The number of hydrogen-bond donors (Lipinski definition) is 6. The van der Waals surface area contributed by atoms with Crippen molar-refractivity contribution in [3.63, 3.8) is 0 Å². The van der Waals surface area contributed by atoms with E-state index < -0.39 is 35.8 Å². The first-order valence-corrected chi connectivity index (χ1v) is 28.8. The number of amides is 7. The highest BCUT2D eigenvalue weighted by molar-refractivity contribution is 6.12. The van der Waals surface area contributed by atoms with E-state index >= 15 is 0 Å². The van der Waals surface area contributed by atoms with Crippen molar-refractivity contribution in [2.45, 2.75) is 77.8 Å². The average molecular weight is 1160 g/mol. The Bertz CT molecular complexity index is 2830. The van der Waals surface area contributed by atoms with Gasteiger partial charge in [-0.3, -0.25) is 28.9 Å². The Morgan fingerprint density at radius 3 is 2.17 bits per heavy atom. The number of imide groups is 1. The second kappa shape index (κ2) is 34.2. The van der Waals surface area contributed by atoms with E-state index in [1.165, 1.54) is 12.2 Å². The Morgan fingerprint density at radius 2 is 1.46 bits per heavy atom. The molecule has 23 nitrogen and oxygen atoms in total. The van der Waals surface area contributed by atoms with Crippen molar-refractivity contribution in [2.24, 2.45) is 11.7 Å². The van der Waals surface area contributed by atoms with Gasteiger partial charge >= 0.3 is 6.03 Å². The molecule has 3 aliphatic heterocycles. The van der Waals surface area contributed by atoms with Crippen molar-refractivity contribution in [3.05, 3.63) is 120 Å². The summed E-state index contributed by atoms with van der Waals surface area (Å²) in [7, 11) is 0. The van der Waals surface area contributed by atoms with Gasteiger partial charge < -0.3 is 70.0 Å². The number of urea groups is 1. The van der Waals surface area contributed by atoms with Crippen LogP contribution in [-0.4, -0.2) is 172 Å². The molecule has 7 N–H and O–H groups in total. The summed E-state index contributed by atoms with van der Waals surface area (Å²) in [6.45, 7) is 11.8. The molecule has 3 aromatic carbocycles. The van der Waals surface area contributed by atoms with Gasteiger partial charge in [-0.1, -0.05) is 56.3 Å². The van der Waals surface area contributed by atoms with Crippen LogP contribution in [0.25, 0.3) is 11.3 Å². The molecule has 0 unspecified atom stereocenters. The fourth-order valence-electron chi connectivity index (χ4n) is 9.75. The van der Waals surface area contributed by atoms with Gasteiger partial charge in [-0.15, -0.1) is 0 Å². The lowest BCUT2D eigenvalue weighted by Crippen LogP contribution is -2.54. The zero-order valence-electron chi connectivity index (χ0n) is 48.2. The summed E-state index contributed by atoms with van der Waals surface area (Å²) < 4.78 is 41.4. The summed E-state index contributed by atoms with van der Waals surface area (Å²) in [6.07, 6.45) is 10.8. The third-order valence-electron chi connectivity index (χ3n) is 14.2. The molecule has 7 amide bonds. The number of ether oxygens (including phenoxy) is 7. The largest absolute Gasteiger partial charge is 0.487 e. The highest BCUT2D eigenvalue weighted by Crippen LogP contribution is 2.29. The fourth-order valence-corrected chi connectivity index (χ4v) is 9.75. The van der Waals surface area contributed by atoms with Crippen LogP contribution >= 0.6 is 0 Å². The predicted octanol–water partition coefficient (Wildman–Crippen LogP) is 5.07. The number of quaternary nitrogens is 1. The SMILES string of the molecule is CC(C)[C@H](NC(=O)CCOCCOCCOCCOCCN1C(=O)C=CC1=O)C(=O)N[C@@H](CCCNC(N)=O)C(=O)Nc1ccc(C[N+]2(CCOc3ccc4cc3COC/C=C/COCc3cccc(c3)-c3ccnc(n3)N4)CCCC2)cc1. The Hall–Kier alpha value is -7.64. The van der Waals surface area contributed by atoms with E-state index in [9.17, 15) is 28.8 Å². The van der Waals surface area contributed by atoms with Gasteiger partial charge in [0.25, 0.3) is 11.8 Å². The number of nitrogens with zero attached hydrogens (tertiary/aromatic N) is 4. The minimum absolute atomic E-state index is 0.00824. The maximum Gasteiger partial charge on any atom is 0.312 e. The molecule has 3 aliphatic rings. The lowest BCUT2D eigenvalue weighted by Gasteiger charge is -2.34. The van der Waals surface area contributed by atoms with Gasteiger partial charge in [0, 0.05) is 72.2 Å². The molecular weight excluding hydrogens is 1080 g/mol. The van der Waals surface area contributed by atoms with Crippen molar-refractivity contribution in [2.75, 3.05) is 116 Å². The van der Waals surface area contributed by atoms with Crippen molar-refractivity contribution in [3.8, 4) is 17.0 Å². The van der Waals surface area contributed by atoms with Crippen molar-refractivity contribution in [1.82, 2.24) is 30.8 Å². The summed E-state index contributed by atoms with van der Waals surface area (Å²) in [6, 6.07) is 21.0. The molecule has 0 spiro atoms. The second-order valence-corrected chi connectivity index (χ2v) is 21.0. The standard InChI is InChI=1S/C61H80N10O13/c1-44(2)57(69-54(72)21-30-78-33-35-80-37-38-81-36-34-79-31-24-70-55(73)18-19-56(70)74)59(76)67-52(11-8-22-63-60(62)77)58(75)65-49-14-12-45(13-15-49)41-71(25-3-4-26-71)27-32-84-53-17-16-50-40-48(53)43-83-29-6-5-28-82-42-46-9-7-10-47(39-46)51-20-23-64-61(66-50)68-51/h5-7,9-10,12-20,23,39-40,44,52,57H,3-4,8,11,21-22,24-38,41-43H2,1-2H3,(H6-,62,63,64,65,66,67,68,69,72,75,76,77)/p+1/b6-5+/t52-,57-/m0/s1. The molecule has 452 valence electrons. The number of anilines is 3. The number of aromatic nitrogens is 2. The van der Waals surface area contributed by atoms with Crippen LogP contribution in [0.1, 0.15) is 62.6 Å². The first-order valence-electron chi connectivity index (χ1n) is 28.8. The third-order valence-corrected chi connectivity index (χ3v) is 14.2. The molecule has 7 rings (SSSR count). The molecule has 0 aliphatic carbocycles. The normalized spacial score (nSPS) is 16.0. The van der Waals surface area contributed by atoms with E-state index in [-0.39, 0.29) is 70.1 Å². The van der Waals surface area contributed by atoms with Gasteiger partial charge in [-0.2, -0.15) is 0 Å². The second-order valence-electron chi connectivity index (χ2n) is 21.0. The molecule has 4 aromatic rings. The van der Waals surface area contributed by atoms with Crippen LogP contribution in [0.15, 0.2) is 103 Å². The van der Waals surface area contributed by atoms with Crippen LogP contribution in [0.3, 0.4) is 0 Å². The number of fused-ring (bicyclic) bond motifs is 7. The van der Waals surface area contributed by atoms with Crippen molar-refractivity contribution < 1.29 is 66.4 Å². The minimum atomic E-state index is -1.00. The van der Waals surface area contributed by atoms with Gasteiger partial charge in [0.2, 0.25) is 23.7 Å². The van der Waals surface area contributed by atoms with E-state index in [1.54, 1.807) is 20.0 Å². The number of nitrogens with one attached hydrogen (secondary N) is 5. The van der Waals surface area contributed by atoms with Crippen LogP contribution in [0.2, 0.25) is 0 Å². The van der Waals surface area contributed by atoms with E-state index in [0.717, 1.165) is 87.8 Å². The Kier molecular flexibility index (Phi) is 26.0. The molecular formula is C61H81N10O13+. The van der Waals surface area contributed by atoms with E-state index in [1.807, 2.05) is 78.9 Å². The highest BCUT2D eigenvalue weighted by atomic mass is 16.6. The molecule has 1 aromatic heterocycles. The summed E-state index contributed by atoms with van der Waals surface area (Å²) >= 11 is 0. The molecule has 23 heteroatoms. The van der Waals surface area contributed by atoms with Gasteiger partial charge in [0.1, 0.15) is 37.5 Å². The van der Waals surface area contributed by atoms with Crippen molar-refractivity contribution in [1.29, 1.82) is 0 Å². The summed E-state index contributed by atoms with van der Waals surface area (Å²) in [4.78, 5) is 85.7. The van der Waals surface area contributed by atoms with Gasteiger partial charge in [0.15, 0.2) is 0 Å². The first-order chi connectivity index (χ1) is 40.8. The molecule has 4 heterocycles. The number of primary amides is 1. The molecule has 1 saturated heterocycles. The summed E-state index contributed by atoms with van der Waals surface area (Å²) in [5.41, 5.74) is 11.5. The monoisotopic (exact) mass is 1160 g/mol. The quantitative estimate of drug-likeness (QED) is 0.0166. The summed E-state index contributed by atoms with van der Waals surface area (Å²) in [5, 5.41) is 14.5. The van der Waals surface area contributed by atoms with E-state index in [4.69, 9.17) is 43.9 Å². The molecule has 0 radical (unpaired) electrons. The number of hydrogen-bond acceptors (Lipinski definition) is 16. The van der Waals surface area contributed by atoms with Gasteiger partial charge in [0.05, 0.1) is 105 Å². The van der Waals surface area contributed by atoms with Gasteiger partial charge in [-0.25, -0.2) is 14.8 Å². The van der Waals surface area contributed by atoms with Crippen molar-refractivity contribution >= 4 is 52.9 Å². The maximum atomic E-state index is 13.9. The Morgan fingerprint density at radius 1 is 0.774 bits per heavy atom. The number of rotatable bonds is 31. The Balaban J connectivity index is 0.853. The van der Waals surface area contributed by atoms with Crippen LogP contribution in [0.4, 0.5) is 22.1 Å². The minimum Gasteiger partial charge on any atom is -0.487 e. The number of carbonyl (C=O) groups excluding carboxylic acids is 6. The van der Waals surface area contributed by atoms with Crippen LogP contribution in [0, 0.1) is 5.92 Å². The predicted molar refractivity (Wildman–Crippen MR) is 313 cm³/mol. The fraction of sp³-hybridized carbons (Fsp3) is 0.475. The lowest BCUT2D eigenvalue weighted by molar-refractivity contribution is -0.929. The highest BCUT2D eigenvalue weighted by Gasteiger charge is 2.33. The smallest absolute Gasteiger partial charge is 0.312 e. The van der Waals surface area contributed by atoms with Gasteiger partial charge in [-0.05, 0) is 66.8 Å². The molecule has 84 heavy (non-hydrogen) atoms. The molecule has 0 saturated carbocycles. The molecule has 6 bridgehead atoms. The zero-order chi connectivity index (χ0) is 59.4. The topological polar surface area (TPSA) is 282 Å². The van der Waals surface area contributed by atoms with E-state index in [2.05, 4.69) is 37.6 Å². The number of benzene rings is 3. The molecule has 2 atom stereocenters. The Labute approximate surface area is 490 Å². The maximum absolute atomic E-state index is 13.9. The van der Waals surface area contributed by atoms with Crippen LogP contribution in [-0.2, 0) is 72.2 Å². The zero-order valence-corrected chi connectivity index (χ0v) is 48.2. The number of likely N-dealkylation sites (tertiary alicyclic amines) is 1. The third kappa shape index (κ3) is 21.5.